The van der Waals surface area contributed by atoms with Crippen LogP contribution in [0.5, 0.6) is 0 Å². The normalized spacial score (nSPS) is 14.8. The molecule has 1 fully saturated rings. The molecule has 35 heavy (non-hydrogen) atoms. The number of benzene rings is 3. The van der Waals surface area contributed by atoms with E-state index in [1.165, 1.54) is 50.1 Å². The van der Waals surface area contributed by atoms with Gasteiger partial charge in [0.05, 0.1) is 25.1 Å². The molecule has 1 aliphatic heterocycles. The number of quaternary nitrogens is 1. The Morgan fingerprint density at radius 1 is 0.971 bits per heavy atom. The molecule has 7 heteroatoms. The number of carbonyl (C=O) groups is 1. The van der Waals surface area contributed by atoms with E-state index in [-0.39, 0.29) is 35.6 Å². The van der Waals surface area contributed by atoms with Gasteiger partial charge in [-0.05, 0) is 60.2 Å². The molecule has 3 aromatic rings. The zero-order chi connectivity index (χ0) is 24.0. The van der Waals surface area contributed by atoms with Crippen LogP contribution >= 0.6 is 0 Å². The van der Waals surface area contributed by atoms with Crippen molar-refractivity contribution in [2.45, 2.75) is 25.8 Å². The van der Waals surface area contributed by atoms with Gasteiger partial charge in [-0.25, -0.2) is 0 Å². The van der Waals surface area contributed by atoms with Gasteiger partial charge in [-0.15, -0.1) is 0 Å². The highest BCUT2D eigenvalue weighted by Gasteiger charge is 2.24. The fourth-order valence-electron chi connectivity index (χ4n) is 4.54. The van der Waals surface area contributed by atoms with Crippen LogP contribution in [0, 0.1) is 10.1 Å². The lowest BCUT2D eigenvalue weighted by Crippen LogP contribution is -3.00. The molecule has 0 atom stereocenters. The predicted octanol–water partition coefficient (Wildman–Crippen LogP) is 3.05. The lowest BCUT2D eigenvalue weighted by Gasteiger charge is -2.37. The van der Waals surface area contributed by atoms with E-state index >= 15 is 0 Å². The maximum absolute atomic E-state index is 12.4. The van der Waals surface area contributed by atoms with Crippen LogP contribution in [0.2, 0.25) is 0 Å². The molecule has 1 heterocycles. The van der Waals surface area contributed by atoms with E-state index in [2.05, 4.69) is 24.5 Å². The molecule has 0 saturated carbocycles. The van der Waals surface area contributed by atoms with Crippen LogP contribution in [0.25, 0.3) is 17.2 Å². The molecule has 6 nitrogen and oxygen atoms in total. The molecule has 0 bridgehead atoms. The third kappa shape index (κ3) is 7.47. The molecule has 0 aromatic heterocycles. The Morgan fingerprint density at radius 3 is 2.31 bits per heavy atom. The number of anilines is 1. The summed E-state index contributed by atoms with van der Waals surface area (Å²) in [6.45, 7) is 3.48. The lowest BCUT2D eigenvalue weighted by molar-refractivity contribution is -0.926. The molecule has 0 aliphatic carbocycles. The van der Waals surface area contributed by atoms with Crippen molar-refractivity contribution in [2.75, 3.05) is 25.5 Å². The van der Waals surface area contributed by atoms with Gasteiger partial charge in [0.15, 0.2) is 0 Å². The quantitative estimate of drug-likeness (QED) is 0.153. The number of non-ortho nitro benzene ring substituents is 1. The predicted molar refractivity (Wildman–Crippen MR) is 136 cm³/mol. The van der Waals surface area contributed by atoms with Crippen molar-refractivity contribution in [1.82, 2.24) is 0 Å². The van der Waals surface area contributed by atoms with Gasteiger partial charge >= 0.3 is 0 Å². The summed E-state index contributed by atoms with van der Waals surface area (Å²) in [4.78, 5) is 23.1. The van der Waals surface area contributed by atoms with Crippen LogP contribution in [-0.2, 0) is 11.3 Å². The van der Waals surface area contributed by atoms with Crippen LogP contribution in [0.15, 0.2) is 78.9 Å². The maximum atomic E-state index is 12.4. The smallest absolute Gasteiger partial charge is 0.270 e. The average molecular weight is 583 g/mol. The standard InChI is InChI=1S/C28H29N3O3.HI/c1-31(17-3-2-4-18-31)21-23-11-14-26(15-12-23)29-28(32)16-13-22-7-5-8-24(19-22)25-9-6-10-27(20-25)30(33)34;/h5-16,19-20H,2-4,17-18,21H2,1H3;1H/b16-13+;. The second-order valence-electron chi connectivity index (χ2n) is 9.24. The highest BCUT2D eigenvalue weighted by atomic mass is 127. The van der Waals surface area contributed by atoms with E-state index in [1.807, 2.05) is 42.5 Å². The van der Waals surface area contributed by atoms with Crippen molar-refractivity contribution in [3.63, 3.8) is 0 Å². The molecule has 1 aliphatic rings. The van der Waals surface area contributed by atoms with Crippen molar-refractivity contribution in [2.24, 2.45) is 0 Å². The van der Waals surface area contributed by atoms with Gasteiger partial charge in [-0.3, -0.25) is 14.9 Å². The number of hydrogen-bond donors (Lipinski definition) is 1. The average Bonchev–Trinajstić information content (AvgIpc) is 2.84. The van der Waals surface area contributed by atoms with Gasteiger partial charge in [0, 0.05) is 29.5 Å². The largest absolute Gasteiger partial charge is 1.00 e. The van der Waals surface area contributed by atoms with E-state index in [4.69, 9.17) is 0 Å². The Balaban J connectivity index is 0.00000342. The fraction of sp³-hybridized carbons (Fsp3) is 0.250. The molecule has 1 saturated heterocycles. The van der Waals surface area contributed by atoms with Crippen LogP contribution in [0.3, 0.4) is 0 Å². The van der Waals surface area contributed by atoms with E-state index in [0.717, 1.165) is 33.4 Å². The Kier molecular flexibility index (Phi) is 9.17. The minimum absolute atomic E-state index is 0. The van der Waals surface area contributed by atoms with Crippen molar-refractivity contribution in [1.29, 1.82) is 0 Å². The molecule has 1 amide bonds. The zero-order valence-electron chi connectivity index (χ0n) is 19.8. The molecule has 1 N–H and O–H groups in total. The Bertz CT molecular complexity index is 1200. The van der Waals surface area contributed by atoms with Gasteiger partial charge in [-0.1, -0.05) is 42.5 Å². The Hall–Kier alpha value is -3.04. The van der Waals surface area contributed by atoms with Crippen molar-refractivity contribution < 1.29 is 38.2 Å². The van der Waals surface area contributed by atoms with Crippen molar-refractivity contribution in [3.05, 3.63) is 100 Å². The number of nitrogens with zero attached hydrogens (tertiary/aromatic N) is 2. The van der Waals surface area contributed by atoms with E-state index in [9.17, 15) is 14.9 Å². The highest BCUT2D eigenvalue weighted by Crippen LogP contribution is 2.25. The molecule has 4 rings (SSSR count). The van der Waals surface area contributed by atoms with Gasteiger partial charge in [0.25, 0.3) is 5.69 Å². The number of piperidine rings is 1. The molecule has 0 spiro atoms. The van der Waals surface area contributed by atoms with Gasteiger partial charge in [0.2, 0.25) is 5.91 Å². The summed E-state index contributed by atoms with van der Waals surface area (Å²) in [6.07, 6.45) is 7.17. The van der Waals surface area contributed by atoms with E-state index < -0.39 is 4.92 Å². The second kappa shape index (κ2) is 12.1. The SMILES string of the molecule is C[N+]1(Cc2ccc(NC(=O)/C=C/c3cccc(-c4cccc([N+](=O)[O-])c4)c3)cc2)CCCCC1.[I-]. The lowest BCUT2D eigenvalue weighted by atomic mass is 10.0. The first kappa shape index (κ1) is 26.6. The third-order valence-corrected chi connectivity index (χ3v) is 6.39. The number of nitrogens with one attached hydrogen (secondary N) is 1. The topological polar surface area (TPSA) is 72.2 Å². The van der Waals surface area contributed by atoms with Gasteiger partial charge < -0.3 is 33.8 Å². The monoisotopic (exact) mass is 583 g/mol. The molecule has 0 unspecified atom stereocenters. The fourth-order valence-corrected chi connectivity index (χ4v) is 4.54. The highest BCUT2D eigenvalue weighted by molar-refractivity contribution is 6.02. The van der Waals surface area contributed by atoms with Crippen molar-refractivity contribution >= 4 is 23.4 Å². The van der Waals surface area contributed by atoms with Crippen LogP contribution in [0.4, 0.5) is 11.4 Å². The summed E-state index contributed by atoms with van der Waals surface area (Å²) in [5, 5.41) is 14.0. The molecule has 0 radical (unpaired) electrons. The van der Waals surface area contributed by atoms with Crippen LogP contribution < -0.4 is 29.3 Å². The summed E-state index contributed by atoms with van der Waals surface area (Å²) in [6, 6.07) is 22.2. The Labute approximate surface area is 223 Å². The maximum Gasteiger partial charge on any atom is 0.270 e. The summed E-state index contributed by atoms with van der Waals surface area (Å²) in [7, 11) is 2.33. The molecular formula is C28H30IN3O3. The summed E-state index contributed by atoms with van der Waals surface area (Å²) < 4.78 is 1.09. The van der Waals surface area contributed by atoms with Crippen molar-refractivity contribution in [3.8, 4) is 11.1 Å². The summed E-state index contributed by atoms with van der Waals surface area (Å²) >= 11 is 0. The van der Waals surface area contributed by atoms with E-state index in [1.54, 1.807) is 18.2 Å². The van der Waals surface area contributed by atoms with Crippen LogP contribution in [-0.4, -0.2) is 35.5 Å². The first-order valence-electron chi connectivity index (χ1n) is 11.7. The summed E-state index contributed by atoms with van der Waals surface area (Å²) in [5.41, 5.74) is 4.56. The number of nitro benzene ring substituents is 1. The number of rotatable bonds is 7. The first-order chi connectivity index (χ1) is 16.4. The zero-order valence-corrected chi connectivity index (χ0v) is 22.0. The van der Waals surface area contributed by atoms with E-state index in [0.29, 0.717) is 0 Å². The summed E-state index contributed by atoms with van der Waals surface area (Å²) in [5.74, 6) is -0.205. The molecule has 182 valence electrons. The minimum Gasteiger partial charge on any atom is -1.00 e. The van der Waals surface area contributed by atoms with Gasteiger partial charge in [0.1, 0.15) is 6.54 Å². The first-order valence-corrected chi connectivity index (χ1v) is 11.7. The number of likely N-dealkylation sites (tertiary alicyclic amines) is 1. The Morgan fingerprint density at radius 2 is 1.63 bits per heavy atom. The number of hydrogen-bond acceptors (Lipinski definition) is 3. The molecule has 3 aromatic carbocycles. The second-order valence-corrected chi connectivity index (χ2v) is 9.24. The number of amides is 1. The van der Waals surface area contributed by atoms with Crippen LogP contribution in [0.1, 0.15) is 30.4 Å². The van der Waals surface area contributed by atoms with Gasteiger partial charge in [-0.2, -0.15) is 0 Å². The minimum atomic E-state index is -0.403. The third-order valence-electron chi connectivity index (χ3n) is 6.39. The molecular weight excluding hydrogens is 553 g/mol. The number of halogens is 1. The number of carbonyl (C=O) groups excluding carboxylic acids is 1. The number of nitro groups is 1.